The molecule has 0 bridgehead atoms. The summed E-state index contributed by atoms with van der Waals surface area (Å²) in [5.74, 6) is 0.109. The smallest absolute Gasteiger partial charge is 0.231 e. The molecule has 0 heterocycles. The highest BCUT2D eigenvalue weighted by atomic mass is 32.2. The van der Waals surface area contributed by atoms with Crippen LogP contribution in [0.2, 0.25) is 0 Å². The van der Waals surface area contributed by atoms with Gasteiger partial charge in [-0.05, 0) is 17.7 Å². The SMILES string of the molecule is N#CCNC(=O)CSc1cccc(CO)c1. The summed E-state index contributed by atoms with van der Waals surface area (Å²) in [6.07, 6.45) is 0. The van der Waals surface area contributed by atoms with Gasteiger partial charge in [0.2, 0.25) is 5.91 Å². The maximum atomic E-state index is 11.2. The summed E-state index contributed by atoms with van der Waals surface area (Å²) in [4.78, 5) is 12.1. The van der Waals surface area contributed by atoms with Crippen molar-refractivity contribution in [1.82, 2.24) is 5.32 Å². The van der Waals surface area contributed by atoms with E-state index in [1.807, 2.05) is 30.3 Å². The van der Waals surface area contributed by atoms with E-state index in [-0.39, 0.29) is 24.8 Å². The number of benzene rings is 1. The van der Waals surface area contributed by atoms with Gasteiger partial charge in [0.25, 0.3) is 0 Å². The van der Waals surface area contributed by atoms with Gasteiger partial charge in [-0.25, -0.2) is 0 Å². The zero-order chi connectivity index (χ0) is 11.8. The molecular formula is C11H12N2O2S. The molecule has 0 saturated heterocycles. The van der Waals surface area contributed by atoms with Crippen LogP contribution in [-0.2, 0) is 11.4 Å². The lowest BCUT2D eigenvalue weighted by Gasteiger charge is -2.03. The first-order valence-electron chi connectivity index (χ1n) is 4.72. The predicted octanol–water partition coefficient (Wildman–Crippen LogP) is 0.911. The Morgan fingerprint density at radius 2 is 2.38 bits per heavy atom. The Balaban J connectivity index is 2.42. The number of hydrogen-bond donors (Lipinski definition) is 2. The van der Waals surface area contributed by atoms with Gasteiger partial charge in [-0.1, -0.05) is 12.1 Å². The number of nitrogens with one attached hydrogen (secondary N) is 1. The summed E-state index contributed by atoms with van der Waals surface area (Å²) < 4.78 is 0. The molecule has 0 atom stereocenters. The highest BCUT2D eigenvalue weighted by Crippen LogP contribution is 2.18. The maximum absolute atomic E-state index is 11.2. The Kier molecular flexibility index (Phi) is 5.40. The van der Waals surface area contributed by atoms with Crippen molar-refractivity contribution in [3.63, 3.8) is 0 Å². The summed E-state index contributed by atoms with van der Waals surface area (Å²) >= 11 is 1.38. The molecule has 0 aromatic heterocycles. The lowest BCUT2D eigenvalue weighted by Crippen LogP contribution is -2.25. The van der Waals surface area contributed by atoms with E-state index in [9.17, 15) is 4.79 Å². The first-order chi connectivity index (χ1) is 7.76. The predicted molar refractivity (Wildman–Crippen MR) is 61.7 cm³/mol. The fourth-order valence-electron chi connectivity index (χ4n) is 1.07. The molecule has 1 aromatic rings. The van der Waals surface area contributed by atoms with Crippen LogP contribution in [0.5, 0.6) is 0 Å². The van der Waals surface area contributed by atoms with Crippen LogP contribution in [0.3, 0.4) is 0 Å². The van der Waals surface area contributed by atoms with E-state index < -0.39 is 0 Å². The van der Waals surface area contributed by atoms with Crippen LogP contribution in [0.15, 0.2) is 29.2 Å². The third-order valence-corrected chi connectivity index (χ3v) is 2.81. The number of amides is 1. The molecule has 0 aliphatic rings. The normalized spacial score (nSPS) is 9.50. The van der Waals surface area contributed by atoms with Gasteiger partial charge in [0, 0.05) is 4.90 Å². The van der Waals surface area contributed by atoms with Gasteiger partial charge in [-0.3, -0.25) is 4.79 Å². The second kappa shape index (κ2) is 6.88. The van der Waals surface area contributed by atoms with Crippen LogP contribution in [0.1, 0.15) is 5.56 Å². The average molecular weight is 236 g/mol. The topological polar surface area (TPSA) is 73.1 Å². The minimum Gasteiger partial charge on any atom is -0.392 e. The molecule has 2 N–H and O–H groups in total. The molecule has 1 rings (SSSR count). The molecule has 16 heavy (non-hydrogen) atoms. The van der Waals surface area contributed by atoms with E-state index in [1.165, 1.54) is 11.8 Å². The number of aliphatic hydroxyl groups is 1. The van der Waals surface area contributed by atoms with Crippen molar-refractivity contribution in [2.45, 2.75) is 11.5 Å². The monoisotopic (exact) mass is 236 g/mol. The summed E-state index contributed by atoms with van der Waals surface area (Å²) in [7, 11) is 0. The number of aliphatic hydroxyl groups excluding tert-OH is 1. The van der Waals surface area contributed by atoms with Crippen molar-refractivity contribution in [1.29, 1.82) is 5.26 Å². The Bertz CT molecular complexity index is 401. The first-order valence-corrected chi connectivity index (χ1v) is 5.71. The number of nitriles is 1. The van der Waals surface area contributed by atoms with Gasteiger partial charge in [0.1, 0.15) is 6.54 Å². The average Bonchev–Trinajstić information content (AvgIpc) is 2.34. The molecule has 0 aliphatic carbocycles. The van der Waals surface area contributed by atoms with Gasteiger partial charge >= 0.3 is 0 Å². The van der Waals surface area contributed by atoms with Crippen LogP contribution in [0, 0.1) is 11.3 Å². The molecule has 0 spiro atoms. The van der Waals surface area contributed by atoms with E-state index in [0.717, 1.165) is 10.5 Å². The Morgan fingerprint density at radius 1 is 1.56 bits per heavy atom. The van der Waals surface area contributed by atoms with Gasteiger partial charge in [0.05, 0.1) is 18.4 Å². The minimum absolute atomic E-state index is 0.00493. The van der Waals surface area contributed by atoms with E-state index >= 15 is 0 Å². The zero-order valence-corrected chi connectivity index (χ0v) is 9.46. The van der Waals surface area contributed by atoms with Crippen molar-refractivity contribution in [2.75, 3.05) is 12.3 Å². The van der Waals surface area contributed by atoms with Gasteiger partial charge in [0.15, 0.2) is 0 Å². The lowest BCUT2D eigenvalue weighted by molar-refractivity contribution is -0.118. The molecule has 4 nitrogen and oxygen atoms in total. The molecule has 1 amide bonds. The van der Waals surface area contributed by atoms with Crippen molar-refractivity contribution < 1.29 is 9.90 Å². The first kappa shape index (κ1) is 12.6. The number of carbonyl (C=O) groups is 1. The standard InChI is InChI=1S/C11H12N2O2S/c12-4-5-13-11(15)8-16-10-3-1-2-9(6-10)7-14/h1-3,6,14H,5,7-8H2,(H,13,15). The molecule has 0 saturated carbocycles. The van der Waals surface area contributed by atoms with Crippen LogP contribution in [0.25, 0.3) is 0 Å². The zero-order valence-electron chi connectivity index (χ0n) is 8.64. The number of hydrogen-bond acceptors (Lipinski definition) is 4. The van der Waals surface area contributed by atoms with E-state index in [4.69, 9.17) is 10.4 Å². The molecule has 0 unspecified atom stereocenters. The number of carbonyl (C=O) groups excluding carboxylic acids is 1. The highest BCUT2D eigenvalue weighted by Gasteiger charge is 2.02. The Labute approximate surface area is 98.3 Å². The quantitative estimate of drug-likeness (QED) is 0.588. The third-order valence-electron chi connectivity index (χ3n) is 1.82. The second-order valence-corrected chi connectivity index (χ2v) is 4.08. The van der Waals surface area contributed by atoms with Gasteiger partial charge in [-0.2, -0.15) is 5.26 Å². The van der Waals surface area contributed by atoms with Crippen LogP contribution < -0.4 is 5.32 Å². The molecule has 0 aliphatic heterocycles. The van der Waals surface area contributed by atoms with Gasteiger partial charge < -0.3 is 10.4 Å². The Hall–Kier alpha value is -1.51. The van der Waals surface area contributed by atoms with Crippen LogP contribution >= 0.6 is 11.8 Å². The van der Waals surface area contributed by atoms with Crippen molar-refractivity contribution in [3.05, 3.63) is 29.8 Å². The lowest BCUT2D eigenvalue weighted by atomic mass is 10.2. The van der Waals surface area contributed by atoms with Crippen LogP contribution in [0.4, 0.5) is 0 Å². The summed E-state index contributed by atoms with van der Waals surface area (Å²) in [5, 5.41) is 19.7. The highest BCUT2D eigenvalue weighted by molar-refractivity contribution is 8.00. The Morgan fingerprint density at radius 3 is 3.06 bits per heavy atom. The summed E-state index contributed by atoms with van der Waals surface area (Å²) in [6.45, 7) is 0.0328. The van der Waals surface area contributed by atoms with E-state index in [0.29, 0.717) is 0 Å². The fourth-order valence-corrected chi connectivity index (χ4v) is 1.88. The molecular weight excluding hydrogens is 224 g/mol. The van der Waals surface area contributed by atoms with Crippen molar-refractivity contribution in [2.24, 2.45) is 0 Å². The van der Waals surface area contributed by atoms with E-state index in [2.05, 4.69) is 5.32 Å². The van der Waals surface area contributed by atoms with Crippen molar-refractivity contribution in [3.8, 4) is 6.07 Å². The van der Waals surface area contributed by atoms with Gasteiger partial charge in [-0.15, -0.1) is 11.8 Å². The number of thioether (sulfide) groups is 1. The minimum atomic E-state index is -0.166. The molecule has 84 valence electrons. The summed E-state index contributed by atoms with van der Waals surface area (Å²) in [6, 6.07) is 9.21. The molecule has 1 aromatic carbocycles. The second-order valence-electron chi connectivity index (χ2n) is 3.03. The maximum Gasteiger partial charge on any atom is 0.231 e. The number of nitrogens with zero attached hydrogens (tertiary/aromatic N) is 1. The van der Waals surface area contributed by atoms with Crippen LogP contribution in [-0.4, -0.2) is 23.3 Å². The molecule has 5 heteroatoms. The molecule has 0 fully saturated rings. The summed E-state index contributed by atoms with van der Waals surface area (Å²) in [5.41, 5.74) is 0.822. The van der Waals surface area contributed by atoms with E-state index in [1.54, 1.807) is 0 Å². The largest absolute Gasteiger partial charge is 0.392 e. The third kappa shape index (κ3) is 4.34. The van der Waals surface area contributed by atoms with Crippen molar-refractivity contribution >= 4 is 17.7 Å². The fraction of sp³-hybridized carbons (Fsp3) is 0.273. The molecule has 0 radical (unpaired) electrons. The number of rotatable bonds is 5.